The van der Waals surface area contributed by atoms with E-state index in [1.165, 1.54) is 56.9 Å². The third-order valence-electron chi connectivity index (χ3n) is 3.99. The maximum Gasteiger partial charge on any atom is -0.0144 e. The fraction of sp³-hybridized carbons (Fsp3) is 0.636. The standard InChI is InChI=1S/C14H26.C8H14/c1-5-9-13(4)11-8-12-14(7-3)10-6-2;1-4-6-7-8(3)5-2/h5,14H,1,4,6-12H2,2-3H3;5H,2-4,6-7H2,1H3. The Morgan fingerprint density at radius 1 is 0.909 bits per heavy atom. The molecule has 0 aliphatic heterocycles. The maximum atomic E-state index is 4.04. The van der Waals surface area contributed by atoms with Crippen LogP contribution >= 0.6 is 0 Å². The lowest BCUT2D eigenvalue weighted by atomic mass is 9.93. The van der Waals surface area contributed by atoms with Gasteiger partial charge in [-0.3, -0.25) is 0 Å². The van der Waals surface area contributed by atoms with Crippen molar-refractivity contribution in [2.45, 2.75) is 85.0 Å². The van der Waals surface area contributed by atoms with E-state index in [1.54, 1.807) is 0 Å². The predicted octanol–water partition coefficient (Wildman–Crippen LogP) is 8.03. The summed E-state index contributed by atoms with van der Waals surface area (Å²) in [5.74, 6) is 0.941. The van der Waals surface area contributed by atoms with E-state index >= 15 is 0 Å². The quantitative estimate of drug-likeness (QED) is 0.238. The molecule has 0 aromatic rings. The molecule has 0 amide bonds. The molecule has 0 N–H and O–H groups in total. The zero-order valence-electron chi connectivity index (χ0n) is 15.6. The van der Waals surface area contributed by atoms with Crippen molar-refractivity contribution in [1.82, 2.24) is 0 Å². The van der Waals surface area contributed by atoms with E-state index in [1.807, 2.05) is 12.2 Å². The first-order valence-electron chi connectivity index (χ1n) is 9.13. The van der Waals surface area contributed by atoms with Gasteiger partial charge in [-0.2, -0.15) is 0 Å². The molecule has 0 aliphatic carbocycles. The van der Waals surface area contributed by atoms with Gasteiger partial charge >= 0.3 is 0 Å². The average Bonchev–Trinajstić information content (AvgIpc) is 2.52. The minimum absolute atomic E-state index is 0.941. The number of hydrogen-bond acceptors (Lipinski definition) is 0. The van der Waals surface area contributed by atoms with Crippen LogP contribution in [0.4, 0.5) is 0 Å². The number of hydrogen-bond donors (Lipinski definition) is 0. The lowest BCUT2D eigenvalue weighted by Crippen LogP contribution is -1.98. The van der Waals surface area contributed by atoms with Crippen molar-refractivity contribution in [2.75, 3.05) is 0 Å². The summed E-state index contributed by atoms with van der Waals surface area (Å²) in [6.45, 7) is 21.9. The van der Waals surface area contributed by atoms with Gasteiger partial charge in [0, 0.05) is 0 Å². The summed E-state index contributed by atoms with van der Waals surface area (Å²) in [4.78, 5) is 0. The van der Waals surface area contributed by atoms with E-state index in [-0.39, 0.29) is 0 Å². The maximum absolute atomic E-state index is 4.04. The topological polar surface area (TPSA) is 0 Å². The molecule has 0 saturated heterocycles. The van der Waals surface area contributed by atoms with Crippen LogP contribution in [0.15, 0.2) is 49.6 Å². The first kappa shape index (κ1) is 23.2. The van der Waals surface area contributed by atoms with Gasteiger partial charge in [0.05, 0.1) is 0 Å². The van der Waals surface area contributed by atoms with E-state index < -0.39 is 0 Å². The van der Waals surface area contributed by atoms with Crippen molar-refractivity contribution >= 4 is 0 Å². The highest BCUT2D eigenvalue weighted by molar-refractivity contribution is 5.10. The Hall–Kier alpha value is -1.04. The third-order valence-corrected chi connectivity index (χ3v) is 3.99. The lowest BCUT2D eigenvalue weighted by molar-refractivity contribution is 0.419. The monoisotopic (exact) mass is 304 g/mol. The molecule has 0 bridgehead atoms. The summed E-state index contributed by atoms with van der Waals surface area (Å²) in [6, 6.07) is 0. The van der Waals surface area contributed by atoms with Crippen LogP contribution in [0.1, 0.15) is 85.0 Å². The summed E-state index contributed by atoms with van der Waals surface area (Å²) in [5.41, 5.74) is 2.50. The Bertz CT molecular complexity index is 295. The number of unbranched alkanes of at least 4 members (excludes halogenated alkanes) is 1. The van der Waals surface area contributed by atoms with Crippen LogP contribution in [0.3, 0.4) is 0 Å². The Labute approximate surface area is 141 Å². The van der Waals surface area contributed by atoms with Crippen LogP contribution in [0.5, 0.6) is 0 Å². The van der Waals surface area contributed by atoms with E-state index in [2.05, 4.69) is 47.1 Å². The molecule has 128 valence electrons. The predicted molar refractivity (Wildman–Crippen MR) is 105 cm³/mol. The molecule has 1 atom stereocenters. The molecule has 0 saturated carbocycles. The molecule has 0 rings (SSSR count). The average molecular weight is 305 g/mol. The first-order chi connectivity index (χ1) is 10.5. The minimum Gasteiger partial charge on any atom is -0.103 e. The fourth-order valence-corrected chi connectivity index (χ4v) is 2.41. The van der Waals surface area contributed by atoms with E-state index in [9.17, 15) is 0 Å². The van der Waals surface area contributed by atoms with Gasteiger partial charge in [-0.1, -0.05) is 95.9 Å². The second-order valence-corrected chi connectivity index (χ2v) is 6.16. The van der Waals surface area contributed by atoms with Gasteiger partial charge in [0.2, 0.25) is 0 Å². The summed E-state index contributed by atoms with van der Waals surface area (Å²) in [5, 5.41) is 0. The summed E-state index contributed by atoms with van der Waals surface area (Å²) >= 11 is 0. The molecule has 0 aromatic heterocycles. The van der Waals surface area contributed by atoms with E-state index in [4.69, 9.17) is 0 Å². The van der Waals surface area contributed by atoms with E-state index in [0.29, 0.717) is 0 Å². The van der Waals surface area contributed by atoms with Gasteiger partial charge in [0.1, 0.15) is 0 Å². The van der Waals surface area contributed by atoms with Crippen molar-refractivity contribution in [3.63, 3.8) is 0 Å². The second kappa shape index (κ2) is 18.0. The molecule has 0 fully saturated rings. The molecule has 0 heterocycles. The zero-order chi connectivity index (χ0) is 17.2. The van der Waals surface area contributed by atoms with Gasteiger partial charge in [0.25, 0.3) is 0 Å². The zero-order valence-corrected chi connectivity index (χ0v) is 15.6. The SMILES string of the molecule is C=CC(=C)CCCC.C=CCC(=C)CCCC(CC)CCC. The van der Waals surface area contributed by atoms with Gasteiger partial charge in [-0.15, -0.1) is 6.58 Å². The molecule has 1 unspecified atom stereocenters. The van der Waals surface area contributed by atoms with Crippen LogP contribution in [-0.4, -0.2) is 0 Å². The summed E-state index contributed by atoms with van der Waals surface area (Å²) < 4.78 is 0. The van der Waals surface area contributed by atoms with Crippen molar-refractivity contribution in [1.29, 1.82) is 0 Å². The summed E-state index contributed by atoms with van der Waals surface area (Å²) in [7, 11) is 0. The molecule has 0 aliphatic rings. The molecule has 0 heteroatoms. The van der Waals surface area contributed by atoms with Crippen LogP contribution in [0.25, 0.3) is 0 Å². The van der Waals surface area contributed by atoms with Gasteiger partial charge < -0.3 is 0 Å². The minimum atomic E-state index is 0.941. The number of rotatable bonds is 13. The second-order valence-electron chi connectivity index (χ2n) is 6.16. The summed E-state index contributed by atoms with van der Waals surface area (Å²) in [6.07, 6.45) is 16.3. The third kappa shape index (κ3) is 17.0. The highest BCUT2D eigenvalue weighted by Crippen LogP contribution is 2.20. The van der Waals surface area contributed by atoms with Gasteiger partial charge in [-0.25, -0.2) is 0 Å². The molecule has 0 radical (unpaired) electrons. The normalized spacial score (nSPS) is 11.0. The largest absolute Gasteiger partial charge is 0.103 e. The molecular formula is C22H40. The van der Waals surface area contributed by atoms with Crippen molar-refractivity contribution < 1.29 is 0 Å². The Morgan fingerprint density at radius 2 is 1.59 bits per heavy atom. The Kier molecular flexibility index (Phi) is 19.0. The fourth-order valence-electron chi connectivity index (χ4n) is 2.41. The van der Waals surface area contributed by atoms with Crippen molar-refractivity contribution in [3.05, 3.63) is 49.6 Å². The molecule has 22 heavy (non-hydrogen) atoms. The van der Waals surface area contributed by atoms with Crippen molar-refractivity contribution in [3.8, 4) is 0 Å². The van der Waals surface area contributed by atoms with Crippen LogP contribution < -0.4 is 0 Å². The highest BCUT2D eigenvalue weighted by atomic mass is 14.1. The smallest absolute Gasteiger partial charge is 0.0144 e. The Balaban J connectivity index is 0. The van der Waals surface area contributed by atoms with Crippen LogP contribution in [0.2, 0.25) is 0 Å². The van der Waals surface area contributed by atoms with Crippen molar-refractivity contribution in [2.24, 2.45) is 5.92 Å². The van der Waals surface area contributed by atoms with E-state index in [0.717, 1.165) is 24.3 Å². The Morgan fingerprint density at radius 3 is 2.05 bits per heavy atom. The molecule has 0 spiro atoms. The van der Waals surface area contributed by atoms with Crippen LogP contribution in [-0.2, 0) is 0 Å². The first-order valence-corrected chi connectivity index (χ1v) is 9.13. The lowest BCUT2D eigenvalue weighted by Gasteiger charge is -2.13. The highest BCUT2D eigenvalue weighted by Gasteiger charge is 2.04. The van der Waals surface area contributed by atoms with Gasteiger partial charge in [-0.05, 0) is 38.0 Å². The van der Waals surface area contributed by atoms with Gasteiger partial charge in [0.15, 0.2) is 0 Å². The van der Waals surface area contributed by atoms with Crippen LogP contribution in [0, 0.1) is 5.92 Å². The molecule has 0 nitrogen and oxygen atoms in total. The molecule has 0 aromatic carbocycles. The number of allylic oxidation sites excluding steroid dienone is 4. The molecular weight excluding hydrogens is 264 g/mol.